The van der Waals surface area contributed by atoms with Gasteiger partial charge in [-0.05, 0) is 43.5 Å². The van der Waals surface area contributed by atoms with Crippen LogP contribution in [0.2, 0.25) is 5.02 Å². The summed E-state index contributed by atoms with van der Waals surface area (Å²) in [5.41, 5.74) is 6.61. The van der Waals surface area contributed by atoms with E-state index in [0.29, 0.717) is 23.2 Å². The van der Waals surface area contributed by atoms with E-state index in [2.05, 4.69) is 5.32 Å². The van der Waals surface area contributed by atoms with Crippen LogP contribution in [0, 0.1) is 5.92 Å². The van der Waals surface area contributed by atoms with Crippen LogP contribution in [-0.4, -0.2) is 25.6 Å². The van der Waals surface area contributed by atoms with Crippen LogP contribution in [0.25, 0.3) is 0 Å². The second-order valence-electron chi connectivity index (χ2n) is 5.59. The summed E-state index contributed by atoms with van der Waals surface area (Å²) in [4.78, 5) is 12.3. The van der Waals surface area contributed by atoms with Crippen LogP contribution in [0.1, 0.15) is 31.2 Å². The van der Waals surface area contributed by atoms with Crippen molar-refractivity contribution in [2.75, 3.05) is 13.7 Å². The van der Waals surface area contributed by atoms with Crippen molar-refractivity contribution in [1.82, 2.24) is 5.32 Å². The van der Waals surface area contributed by atoms with E-state index in [9.17, 15) is 4.79 Å². The van der Waals surface area contributed by atoms with Crippen LogP contribution in [0.15, 0.2) is 18.2 Å². The molecule has 4 nitrogen and oxygen atoms in total. The highest BCUT2D eigenvalue weighted by molar-refractivity contribution is 6.30. The lowest BCUT2D eigenvalue weighted by Gasteiger charge is -2.31. The van der Waals surface area contributed by atoms with Gasteiger partial charge in [0.25, 0.3) is 0 Å². The third kappa shape index (κ3) is 4.35. The van der Waals surface area contributed by atoms with Crippen molar-refractivity contribution in [1.29, 1.82) is 0 Å². The van der Waals surface area contributed by atoms with E-state index in [0.717, 1.165) is 24.8 Å². The number of nitrogens with one attached hydrogen (secondary N) is 1. The predicted molar refractivity (Wildman–Crippen MR) is 84.7 cm³/mol. The SMILES string of the molecule is COc1ccc(Cl)cc1CC(=O)NC1CCCCC1CN. The number of ether oxygens (including phenoxy) is 1. The smallest absolute Gasteiger partial charge is 0.224 e. The topological polar surface area (TPSA) is 64.3 Å². The molecule has 2 atom stereocenters. The standard InChI is InChI=1S/C16H23ClN2O2/c1-21-15-7-6-13(17)8-12(15)9-16(20)19-14-5-3-2-4-11(14)10-18/h6-8,11,14H,2-5,9-10,18H2,1H3,(H,19,20). The first-order chi connectivity index (χ1) is 10.1. The summed E-state index contributed by atoms with van der Waals surface area (Å²) in [6.07, 6.45) is 4.75. The third-order valence-corrected chi connectivity index (χ3v) is 4.39. The Morgan fingerprint density at radius 3 is 2.90 bits per heavy atom. The fourth-order valence-corrected chi connectivity index (χ4v) is 3.19. The summed E-state index contributed by atoms with van der Waals surface area (Å²) >= 11 is 5.99. The van der Waals surface area contributed by atoms with Gasteiger partial charge in [0.15, 0.2) is 0 Å². The molecule has 1 fully saturated rings. The number of methoxy groups -OCH3 is 1. The first-order valence-corrected chi connectivity index (χ1v) is 7.83. The second-order valence-corrected chi connectivity index (χ2v) is 6.02. The fourth-order valence-electron chi connectivity index (χ4n) is 3.00. The molecule has 1 saturated carbocycles. The predicted octanol–water partition coefficient (Wildman–Crippen LogP) is 2.52. The Labute approximate surface area is 131 Å². The maximum absolute atomic E-state index is 12.3. The zero-order chi connectivity index (χ0) is 15.2. The van der Waals surface area contributed by atoms with Crippen LogP contribution in [0.3, 0.4) is 0 Å². The lowest BCUT2D eigenvalue weighted by atomic mass is 9.84. The largest absolute Gasteiger partial charge is 0.496 e. The summed E-state index contributed by atoms with van der Waals surface area (Å²) in [6.45, 7) is 0.630. The first kappa shape index (κ1) is 16.1. The highest BCUT2D eigenvalue weighted by Gasteiger charge is 2.25. The molecule has 1 aliphatic rings. The van der Waals surface area contributed by atoms with E-state index in [-0.39, 0.29) is 18.4 Å². The number of benzene rings is 1. The molecule has 1 aromatic rings. The van der Waals surface area contributed by atoms with Crippen molar-refractivity contribution in [3.8, 4) is 5.75 Å². The summed E-state index contributed by atoms with van der Waals surface area (Å²) in [5, 5.41) is 3.73. The lowest BCUT2D eigenvalue weighted by Crippen LogP contribution is -2.45. The molecule has 1 amide bonds. The highest BCUT2D eigenvalue weighted by atomic mass is 35.5. The molecule has 0 spiro atoms. The van der Waals surface area contributed by atoms with Crippen molar-refractivity contribution in [3.63, 3.8) is 0 Å². The number of hydrogen-bond donors (Lipinski definition) is 2. The number of amides is 1. The zero-order valence-electron chi connectivity index (χ0n) is 12.4. The molecule has 3 N–H and O–H groups in total. The minimum Gasteiger partial charge on any atom is -0.496 e. The van der Waals surface area contributed by atoms with E-state index in [1.807, 2.05) is 0 Å². The molecule has 0 aromatic heterocycles. The Morgan fingerprint density at radius 2 is 2.19 bits per heavy atom. The quantitative estimate of drug-likeness (QED) is 0.878. The molecule has 2 rings (SSSR count). The molecule has 5 heteroatoms. The molecular formula is C16H23ClN2O2. The number of nitrogens with two attached hydrogens (primary N) is 1. The first-order valence-electron chi connectivity index (χ1n) is 7.46. The van der Waals surface area contributed by atoms with Crippen LogP contribution in [0.4, 0.5) is 0 Å². The van der Waals surface area contributed by atoms with Crippen molar-refractivity contribution in [3.05, 3.63) is 28.8 Å². The van der Waals surface area contributed by atoms with Gasteiger partial charge >= 0.3 is 0 Å². The number of rotatable bonds is 5. The Bertz CT molecular complexity index is 493. The summed E-state index contributed by atoms with van der Waals surface area (Å²) in [6, 6.07) is 5.52. The molecular weight excluding hydrogens is 288 g/mol. The van der Waals surface area contributed by atoms with E-state index >= 15 is 0 Å². The van der Waals surface area contributed by atoms with Crippen molar-refractivity contribution < 1.29 is 9.53 Å². The van der Waals surface area contributed by atoms with Crippen LogP contribution >= 0.6 is 11.6 Å². The monoisotopic (exact) mass is 310 g/mol. The average molecular weight is 311 g/mol. The van der Waals surface area contributed by atoms with Gasteiger partial charge in [0.05, 0.1) is 13.5 Å². The molecule has 1 aliphatic carbocycles. The van der Waals surface area contributed by atoms with E-state index in [4.69, 9.17) is 22.1 Å². The van der Waals surface area contributed by atoms with Crippen LogP contribution in [0.5, 0.6) is 5.75 Å². The third-order valence-electron chi connectivity index (χ3n) is 4.15. The number of carbonyl (C=O) groups excluding carboxylic acids is 1. The van der Waals surface area contributed by atoms with Gasteiger partial charge in [-0.25, -0.2) is 0 Å². The molecule has 0 heterocycles. The Balaban J connectivity index is 1.99. The second kappa shape index (κ2) is 7.66. The molecule has 0 saturated heterocycles. The van der Waals surface area contributed by atoms with Gasteiger partial charge in [-0.15, -0.1) is 0 Å². The van der Waals surface area contributed by atoms with Gasteiger partial charge in [-0.3, -0.25) is 4.79 Å². The van der Waals surface area contributed by atoms with Gasteiger partial charge in [-0.1, -0.05) is 24.4 Å². The van der Waals surface area contributed by atoms with Crippen LogP contribution in [-0.2, 0) is 11.2 Å². The van der Waals surface area contributed by atoms with Crippen molar-refractivity contribution >= 4 is 17.5 Å². The molecule has 0 aliphatic heterocycles. The Kier molecular flexibility index (Phi) is 5.88. The lowest BCUT2D eigenvalue weighted by molar-refractivity contribution is -0.121. The van der Waals surface area contributed by atoms with Crippen molar-refractivity contribution in [2.24, 2.45) is 11.7 Å². The molecule has 0 bridgehead atoms. The zero-order valence-corrected chi connectivity index (χ0v) is 13.2. The summed E-state index contributed by atoms with van der Waals surface area (Å²) in [7, 11) is 1.59. The van der Waals surface area contributed by atoms with Gasteiger partial charge in [-0.2, -0.15) is 0 Å². The van der Waals surface area contributed by atoms with Gasteiger partial charge in [0.1, 0.15) is 5.75 Å². The van der Waals surface area contributed by atoms with E-state index < -0.39 is 0 Å². The van der Waals surface area contributed by atoms with Crippen LogP contribution < -0.4 is 15.8 Å². The van der Waals surface area contributed by atoms with Gasteiger partial charge in [0.2, 0.25) is 5.91 Å². The van der Waals surface area contributed by atoms with E-state index in [1.165, 1.54) is 6.42 Å². The highest BCUT2D eigenvalue weighted by Crippen LogP contribution is 2.25. The summed E-state index contributed by atoms with van der Waals surface area (Å²) in [5.74, 6) is 1.08. The molecule has 1 aromatic carbocycles. The molecule has 2 unspecified atom stereocenters. The average Bonchev–Trinajstić information content (AvgIpc) is 2.48. The summed E-state index contributed by atoms with van der Waals surface area (Å²) < 4.78 is 5.27. The number of hydrogen-bond acceptors (Lipinski definition) is 3. The molecule has 0 radical (unpaired) electrons. The molecule has 21 heavy (non-hydrogen) atoms. The number of carbonyl (C=O) groups is 1. The minimum atomic E-state index is 0.000849. The Hall–Kier alpha value is -1.26. The van der Waals surface area contributed by atoms with Gasteiger partial charge < -0.3 is 15.8 Å². The number of halogens is 1. The minimum absolute atomic E-state index is 0.000849. The normalized spacial score (nSPS) is 21.9. The maximum atomic E-state index is 12.3. The van der Waals surface area contributed by atoms with E-state index in [1.54, 1.807) is 25.3 Å². The Morgan fingerprint density at radius 1 is 1.43 bits per heavy atom. The van der Waals surface area contributed by atoms with Crippen molar-refractivity contribution in [2.45, 2.75) is 38.1 Å². The maximum Gasteiger partial charge on any atom is 0.224 e. The molecule has 116 valence electrons. The van der Waals surface area contributed by atoms with Gasteiger partial charge in [0, 0.05) is 16.6 Å². The fraction of sp³-hybridized carbons (Fsp3) is 0.562.